The zero-order valence-electron chi connectivity index (χ0n) is 13.8. The van der Waals surface area contributed by atoms with E-state index < -0.39 is 0 Å². The van der Waals surface area contributed by atoms with E-state index in [0.717, 1.165) is 16.7 Å². The molecule has 0 radical (unpaired) electrons. The molecule has 0 unspecified atom stereocenters. The largest absolute Gasteiger partial charge is 0.324 e. The van der Waals surface area contributed by atoms with E-state index in [4.69, 9.17) is 0 Å². The highest BCUT2D eigenvalue weighted by atomic mass is 79.9. The van der Waals surface area contributed by atoms with Gasteiger partial charge in [-0.1, -0.05) is 50.2 Å². The fourth-order valence-corrected chi connectivity index (χ4v) is 2.76. The molecular formula is C19H23BrN2O. The highest BCUT2D eigenvalue weighted by molar-refractivity contribution is 9.10. The minimum Gasteiger partial charge on any atom is -0.324 e. The zero-order chi connectivity index (χ0) is 16.8. The van der Waals surface area contributed by atoms with Gasteiger partial charge in [0, 0.05) is 11.0 Å². The van der Waals surface area contributed by atoms with Crippen molar-refractivity contribution in [3.05, 3.63) is 64.1 Å². The number of likely N-dealkylation sites (N-methyl/N-ethyl adjacent to an activating group) is 1. The molecule has 4 heteroatoms. The maximum atomic E-state index is 12.1. The highest BCUT2D eigenvalue weighted by Gasteiger charge is 2.09. The molecular weight excluding hydrogens is 352 g/mol. The molecule has 0 aliphatic carbocycles. The number of rotatable bonds is 6. The Morgan fingerprint density at radius 2 is 1.78 bits per heavy atom. The second-order valence-corrected chi connectivity index (χ2v) is 6.95. The molecule has 1 amide bonds. The summed E-state index contributed by atoms with van der Waals surface area (Å²) in [6.07, 6.45) is 0. The number of nitrogens with one attached hydrogen (secondary N) is 1. The van der Waals surface area contributed by atoms with Gasteiger partial charge in [0.05, 0.1) is 12.2 Å². The van der Waals surface area contributed by atoms with E-state index in [1.165, 1.54) is 11.1 Å². The van der Waals surface area contributed by atoms with Crippen LogP contribution in [0.25, 0.3) is 0 Å². The molecule has 0 fully saturated rings. The Bertz CT molecular complexity index is 653. The SMILES string of the molecule is CC(C)c1ccc(CN(C)CC(=O)Nc2ccccc2Br)cc1. The van der Waals surface area contributed by atoms with Gasteiger partial charge in [-0.05, 0) is 52.2 Å². The first-order valence-electron chi connectivity index (χ1n) is 7.77. The standard InChI is InChI=1S/C19H23BrN2O/c1-14(2)16-10-8-15(9-11-16)12-22(3)13-19(23)21-18-7-5-4-6-17(18)20/h4-11,14H,12-13H2,1-3H3,(H,21,23). The molecule has 0 saturated carbocycles. The fraction of sp³-hybridized carbons (Fsp3) is 0.316. The molecule has 0 aromatic heterocycles. The van der Waals surface area contributed by atoms with Crippen molar-refractivity contribution in [3.8, 4) is 0 Å². The number of hydrogen-bond donors (Lipinski definition) is 1. The summed E-state index contributed by atoms with van der Waals surface area (Å²) in [6.45, 7) is 5.48. The summed E-state index contributed by atoms with van der Waals surface area (Å²) in [5, 5.41) is 2.92. The van der Waals surface area contributed by atoms with E-state index in [-0.39, 0.29) is 5.91 Å². The van der Waals surface area contributed by atoms with Crippen molar-refractivity contribution in [3.63, 3.8) is 0 Å². The van der Waals surface area contributed by atoms with Crippen molar-refractivity contribution < 1.29 is 4.79 Å². The number of amides is 1. The lowest BCUT2D eigenvalue weighted by Crippen LogP contribution is -2.29. The van der Waals surface area contributed by atoms with Crippen LogP contribution >= 0.6 is 15.9 Å². The van der Waals surface area contributed by atoms with Crippen LogP contribution in [-0.2, 0) is 11.3 Å². The normalized spacial score (nSPS) is 11.0. The number of para-hydroxylation sites is 1. The Morgan fingerprint density at radius 3 is 2.39 bits per heavy atom. The van der Waals surface area contributed by atoms with Gasteiger partial charge in [-0.3, -0.25) is 9.69 Å². The second-order valence-electron chi connectivity index (χ2n) is 6.10. The molecule has 0 aliphatic heterocycles. The number of benzene rings is 2. The van der Waals surface area contributed by atoms with Gasteiger partial charge in [0.1, 0.15) is 0 Å². The van der Waals surface area contributed by atoms with Crippen LogP contribution in [0.1, 0.15) is 30.9 Å². The van der Waals surface area contributed by atoms with Gasteiger partial charge in [0.15, 0.2) is 0 Å². The van der Waals surface area contributed by atoms with Crippen LogP contribution in [0.3, 0.4) is 0 Å². The second kappa shape index (κ2) is 8.27. The van der Waals surface area contributed by atoms with Crippen molar-refractivity contribution in [2.75, 3.05) is 18.9 Å². The van der Waals surface area contributed by atoms with Crippen LogP contribution in [-0.4, -0.2) is 24.4 Å². The predicted molar refractivity (Wildman–Crippen MR) is 99.6 cm³/mol. The molecule has 0 spiro atoms. The third-order valence-electron chi connectivity index (χ3n) is 3.66. The van der Waals surface area contributed by atoms with Crippen LogP contribution in [0.15, 0.2) is 53.0 Å². The summed E-state index contributed by atoms with van der Waals surface area (Å²) in [5.74, 6) is 0.523. The molecule has 2 aromatic carbocycles. The minimum atomic E-state index is -0.0156. The summed E-state index contributed by atoms with van der Waals surface area (Å²) >= 11 is 3.43. The van der Waals surface area contributed by atoms with Gasteiger partial charge in [-0.2, -0.15) is 0 Å². The van der Waals surface area contributed by atoms with E-state index in [2.05, 4.69) is 59.4 Å². The topological polar surface area (TPSA) is 32.3 Å². The summed E-state index contributed by atoms with van der Waals surface area (Å²) in [6, 6.07) is 16.2. The Balaban J connectivity index is 1.87. The molecule has 2 rings (SSSR count). The number of carbonyl (C=O) groups excluding carboxylic acids is 1. The maximum Gasteiger partial charge on any atom is 0.238 e. The third-order valence-corrected chi connectivity index (χ3v) is 4.35. The third kappa shape index (κ3) is 5.48. The lowest BCUT2D eigenvalue weighted by Gasteiger charge is -2.17. The van der Waals surface area contributed by atoms with Crippen LogP contribution in [0.2, 0.25) is 0 Å². The lowest BCUT2D eigenvalue weighted by molar-refractivity contribution is -0.117. The van der Waals surface area contributed by atoms with Crippen molar-refractivity contribution in [2.45, 2.75) is 26.3 Å². The molecule has 0 atom stereocenters. The first-order chi connectivity index (χ1) is 11.0. The van der Waals surface area contributed by atoms with Crippen molar-refractivity contribution >= 4 is 27.5 Å². The van der Waals surface area contributed by atoms with E-state index in [1.807, 2.05) is 36.2 Å². The zero-order valence-corrected chi connectivity index (χ0v) is 15.4. The summed E-state index contributed by atoms with van der Waals surface area (Å²) in [7, 11) is 1.95. The average Bonchev–Trinajstić information content (AvgIpc) is 2.50. The highest BCUT2D eigenvalue weighted by Crippen LogP contribution is 2.21. The molecule has 23 heavy (non-hydrogen) atoms. The Morgan fingerprint density at radius 1 is 1.13 bits per heavy atom. The van der Waals surface area contributed by atoms with Crippen LogP contribution < -0.4 is 5.32 Å². The van der Waals surface area contributed by atoms with E-state index in [0.29, 0.717) is 12.5 Å². The van der Waals surface area contributed by atoms with Gasteiger partial charge in [-0.25, -0.2) is 0 Å². The predicted octanol–water partition coefficient (Wildman–Crippen LogP) is 4.64. The first kappa shape index (κ1) is 17.7. The maximum absolute atomic E-state index is 12.1. The molecule has 1 N–H and O–H groups in total. The average molecular weight is 375 g/mol. The Labute approximate surface area is 146 Å². The fourth-order valence-electron chi connectivity index (χ4n) is 2.37. The minimum absolute atomic E-state index is 0.0156. The summed E-state index contributed by atoms with van der Waals surface area (Å²) < 4.78 is 0.889. The van der Waals surface area contributed by atoms with Crippen molar-refractivity contribution in [1.82, 2.24) is 4.90 Å². The molecule has 0 aliphatic rings. The van der Waals surface area contributed by atoms with Gasteiger partial charge in [0.25, 0.3) is 0 Å². The molecule has 3 nitrogen and oxygen atoms in total. The van der Waals surface area contributed by atoms with Gasteiger partial charge >= 0.3 is 0 Å². The van der Waals surface area contributed by atoms with Crippen molar-refractivity contribution in [1.29, 1.82) is 0 Å². The van der Waals surface area contributed by atoms with Crippen molar-refractivity contribution in [2.24, 2.45) is 0 Å². The number of anilines is 1. The van der Waals surface area contributed by atoms with E-state index in [1.54, 1.807) is 0 Å². The van der Waals surface area contributed by atoms with Gasteiger partial charge in [-0.15, -0.1) is 0 Å². The molecule has 0 bridgehead atoms. The van der Waals surface area contributed by atoms with Gasteiger partial charge < -0.3 is 5.32 Å². The summed E-state index contributed by atoms with van der Waals surface area (Å²) in [5.41, 5.74) is 3.35. The van der Waals surface area contributed by atoms with Crippen LogP contribution in [0.4, 0.5) is 5.69 Å². The molecule has 0 saturated heterocycles. The number of halogens is 1. The lowest BCUT2D eigenvalue weighted by atomic mass is 10.0. The van der Waals surface area contributed by atoms with E-state index in [9.17, 15) is 4.79 Å². The van der Waals surface area contributed by atoms with Crippen LogP contribution in [0, 0.1) is 0 Å². The number of carbonyl (C=O) groups is 1. The molecule has 2 aromatic rings. The van der Waals surface area contributed by atoms with Crippen LogP contribution in [0.5, 0.6) is 0 Å². The Kier molecular flexibility index (Phi) is 6.37. The first-order valence-corrected chi connectivity index (χ1v) is 8.56. The molecule has 122 valence electrons. The number of hydrogen-bond acceptors (Lipinski definition) is 2. The smallest absolute Gasteiger partial charge is 0.238 e. The van der Waals surface area contributed by atoms with E-state index >= 15 is 0 Å². The summed E-state index contributed by atoms with van der Waals surface area (Å²) in [4.78, 5) is 14.1. The quantitative estimate of drug-likeness (QED) is 0.798. The molecule has 0 heterocycles. The Hall–Kier alpha value is -1.65. The number of nitrogens with zero attached hydrogens (tertiary/aromatic N) is 1. The monoisotopic (exact) mass is 374 g/mol. The van der Waals surface area contributed by atoms with Gasteiger partial charge in [0.2, 0.25) is 5.91 Å².